The van der Waals surface area contributed by atoms with Crippen LogP contribution >= 0.6 is 0 Å². The van der Waals surface area contributed by atoms with Crippen molar-refractivity contribution >= 4 is 0 Å². The van der Waals surface area contributed by atoms with Gasteiger partial charge in [0.25, 0.3) is 0 Å². The van der Waals surface area contributed by atoms with E-state index in [1.165, 1.54) is 11.1 Å². The molecule has 112 valence electrons. The Morgan fingerprint density at radius 2 is 2.29 bits per heavy atom. The summed E-state index contributed by atoms with van der Waals surface area (Å²) in [6.07, 6.45) is 4.81. The molecule has 0 spiro atoms. The predicted molar refractivity (Wildman–Crippen MR) is 81.4 cm³/mol. The van der Waals surface area contributed by atoms with Crippen LogP contribution in [0.3, 0.4) is 0 Å². The van der Waals surface area contributed by atoms with Crippen LogP contribution in [0.2, 0.25) is 0 Å². The van der Waals surface area contributed by atoms with Crippen LogP contribution in [0.5, 0.6) is 5.75 Å². The molecule has 4 heteroatoms. The Balaban J connectivity index is 1.75. The van der Waals surface area contributed by atoms with Crippen LogP contribution in [0.25, 0.3) is 0 Å². The summed E-state index contributed by atoms with van der Waals surface area (Å²) in [5.41, 5.74) is 2.44. The summed E-state index contributed by atoms with van der Waals surface area (Å²) < 4.78 is 11.6. The molecule has 1 unspecified atom stereocenters. The van der Waals surface area contributed by atoms with Gasteiger partial charge < -0.3 is 14.5 Å². The maximum atomic E-state index is 5.90. The second-order valence-electron chi connectivity index (χ2n) is 5.49. The van der Waals surface area contributed by atoms with Gasteiger partial charge in [-0.25, -0.2) is 4.98 Å². The first-order valence-electron chi connectivity index (χ1n) is 7.67. The van der Waals surface area contributed by atoms with Gasteiger partial charge in [0.15, 0.2) is 0 Å². The summed E-state index contributed by atoms with van der Waals surface area (Å²) in [6, 6.07) is 6.64. The third-order valence-electron chi connectivity index (χ3n) is 3.95. The maximum absolute atomic E-state index is 5.90. The second kappa shape index (κ2) is 6.31. The lowest BCUT2D eigenvalue weighted by Crippen LogP contribution is -2.20. The van der Waals surface area contributed by atoms with E-state index in [9.17, 15) is 0 Å². The number of oxazole rings is 1. The third-order valence-corrected chi connectivity index (χ3v) is 3.95. The topological polar surface area (TPSA) is 47.3 Å². The van der Waals surface area contributed by atoms with Gasteiger partial charge in [-0.15, -0.1) is 0 Å². The molecule has 4 nitrogen and oxygen atoms in total. The lowest BCUT2D eigenvalue weighted by molar-refractivity contribution is 0.313. The number of hydrogen-bond acceptors (Lipinski definition) is 4. The molecule has 0 radical (unpaired) electrons. The highest BCUT2D eigenvalue weighted by atomic mass is 16.5. The average molecular weight is 286 g/mol. The minimum Gasteiger partial charge on any atom is -0.493 e. The highest BCUT2D eigenvalue weighted by Crippen LogP contribution is 2.34. The van der Waals surface area contributed by atoms with E-state index in [1.807, 2.05) is 6.20 Å². The highest BCUT2D eigenvalue weighted by molar-refractivity contribution is 5.43. The number of ether oxygens (including phenoxy) is 1. The van der Waals surface area contributed by atoms with E-state index < -0.39 is 0 Å². The first-order valence-corrected chi connectivity index (χ1v) is 7.67. The molecule has 1 atom stereocenters. The Morgan fingerprint density at radius 1 is 1.38 bits per heavy atom. The second-order valence-corrected chi connectivity index (χ2v) is 5.49. The molecule has 1 aromatic carbocycles. The zero-order valence-corrected chi connectivity index (χ0v) is 12.7. The molecule has 1 aliphatic rings. The fourth-order valence-corrected chi connectivity index (χ4v) is 2.78. The van der Waals surface area contributed by atoms with Crippen molar-refractivity contribution in [2.75, 3.05) is 6.61 Å². The highest BCUT2D eigenvalue weighted by Gasteiger charge is 2.21. The molecule has 0 fully saturated rings. The normalized spacial score (nSPS) is 17.9. The van der Waals surface area contributed by atoms with Gasteiger partial charge in [-0.1, -0.05) is 25.1 Å². The number of nitrogens with one attached hydrogen (secondary N) is 1. The Kier molecular flexibility index (Phi) is 4.25. The lowest BCUT2D eigenvalue weighted by Gasteiger charge is -2.18. The maximum Gasteiger partial charge on any atom is 0.208 e. The van der Waals surface area contributed by atoms with Crippen molar-refractivity contribution in [3.05, 3.63) is 47.2 Å². The lowest BCUT2D eigenvalue weighted by atomic mass is 10.00. The number of aryl methyl sites for hydroxylation is 2. The zero-order chi connectivity index (χ0) is 14.7. The largest absolute Gasteiger partial charge is 0.493 e. The van der Waals surface area contributed by atoms with Crippen molar-refractivity contribution in [3.63, 3.8) is 0 Å². The quantitative estimate of drug-likeness (QED) is 0.933. The molecule has 1 aromatic heterocycles. The fourth-order valence-electron chi connectivity index (χ4n) is 2.78. The molecule has 0 aliphatic carbocycles. The van der Waals surface area contributed by atoms with Crippen LogP contribution in [0.4, 0.5) is 0 Å². The first kappa shape index (κ1) is 14.1. The number of aromatic nitrogens is 1. The molecule has 2 aromatic rings. The van der Waals surface area contributed by atoms with E-state index in [4.69, 9.17) is 9.15 Å². The standard InChI is InChI=1S/C17H22N2O2/c1-3-13-10-19-16(21-13)11-18-15-8-5-9-20-17-12(2)6-4-7-14(15)17/h4,6-7,10,15,18H,3,5,8-9,11H2,1-2H3. The van der Waals surface area contributed by atoms with Crippen molar-refractivity contribution in [2.24, 2.45) is 0 Å². The smallest absolute Gasteiger partial charge is 0.208 e. The van der Waals surface area contributed by atoms with Gasteiger partial charge >= 0.3 is 0 Å². The number of hydrogen-bond donors (Lipinski definition) is 1. The van der Waals surface area contributed by atoms with Crippen LogP contribution in [0.15, 0.2) is 28.8 Å². The van der Waals surface area contributed by atoms with Gasteiger partial charge in [-0.05, 0) is 25.3 Å². The Bertz CT molecular complexity index is 607. The zero-order valence-electron chi connectivity index (χ0n) is 12.7. The predicted octanol–water partition coefficient (Wildman–Crippen LogP) is 3.55. The van der Waals surface area contributed by atoms with E-state index in [1.54, 1.807) is 0 Å². The van der Waals surface area contributed by atoms with Gasteiger partial charge in [-0.3, -0.25) is 0 Å². The van der Waals surface area contributed by atoms with E-state index in [2.05, 4.69) is 42.3 Å². The number of nitrogens with zero attached hydrogens (tertiary/aromatic N) is 1. The van der Waals surface area contributed by atoms with Gasteiger partial charge in [0.1, 0.15) is 11.5 Å². The summed E-state index contributed by atoms with van der Waals surface area (Å²) in [5.74, 6) is 2.73. The first-order chi connectivity index (χ1) is 10.3. The van der Waals surface area contributed by atoms with E-state index in [0.29, 0.717) is 12.6 Å². The molecule has 0 amide bonds. The number of fused-ring (bicyclic) bond motifs is 1. The Morgan fingerprint density at radius 3 is 3.10 bits per heavy atom. The summed E-state index contributed by atoms with van der Waals surface area (Å²) in [7, 11) is 0. The molecule has 0 saturated heterocycles. The van der Waals surface area contributed by atoms with E-state index in [0.717, 1.165) is 43.3 Å². The number of rotatable bonds is 4. The van der Waals surface area contributed by atoms with Crippen molar-refractivity contribution in [3.8, 4) is 5.75 Å². The van der Waals surface area contributed by atoms with Gasteiger partial charge in [0.05, 0.1) is 19.3 Å². The van der Waals surface area contributed by atoms with E-state index in [-0.39, 0.29) is 0 Å². The summed E-state index contributed by atoms with van der Waals surface area (Å²) >= 11 is 0. The van der Waals surface area contributed by atoms with Crippen molar-refractivity contribution in [1.29, 1.82) is 0 Å². The SMILES string of the molecule is CCc1cnc(CNC2CCCOc3c(C)cccc32)o1. The molecular weight excluding hydrogens is 264 g/mol. The van der Waals surface area contributed by atoms with Crippen LogP contribution in [-0.4, -0.2) is 11.6 Å². The van der Waals surface area contributed by atoms with Gasteiger partial charge in [0, 0.05) is 18.0 Å². The van der Waals surface area contributed by atoms with Crippen LogP contribution < -0.4 is 10.1 Å². The monoisotopic (exact) mass is 286 g/mol. The molecule has 0 saturated carbocycles. The summed E-state index contributed by atoms with van der Waals surface area (Å²) in [5, 5.41) is 3.56. The van der Waals surface area contributed by atoms with Gasteiger partial charge in [0.2, 0.25) is 5.89 Å². The van der Waals surface area contributed by atoms with Crippen LogP contribution in [-0.2, 0) is 13.0 Å². The molecule has 21 heavy (non-hydrogen) atoms. The number of para-hydroxylation sites is 1. The number of benzene rings is 1. The molecule has 3 rings (SSSR count). The van der Waals surface area contributed by atoms with E-state index >= 15 is 0 Å². The molecule has 2 heterocycles. The van der Waals surface area contributed by atoms with Crippen molar-refractivity contribution in [2.45, 2.75) is 45.7 Å². The minimum absolute atomic E-state index is 0.291. The Labute approximate surface area is 125 Å². The van der Waals surface area contributed by atoms with Crippen molar-refractivity contribution in [1.82, 2.24) is 10.3 Å². The molecule has 1 N–H and O–H groups in total. The minimum atomic E-state index is 0.291. The third kappa shape index (κ3) is 3.10. The molecule has 1 aliphatic heterocycles. The van der Waals surface area contributed by atoms with Gasteiger partial charge in [-0.2, -0.15) is 0 Å². The molecular formula is C17H22N2O2. The summed E-state index contributed by atoms with van der Waals surface area (Å²) in [4.78, 5) is 4.31. The molecule has 0 bridgehead atoms. The van der Waals surface area contributed by atoms with Crippen LogP contribution in [0.1, 0.15) is 48.6 Å². The fraction of sp³-hybridized carbons (Fsp3) is 0.471. The van der Waals surface area contributed by atoms with Crippen molar-refractivity contribution < 1.29 is 9.15 Å². The average Bonchev–Trinajstić information content (AvgIpc) is 2.86. The Hall–Kier alpha value is -1.81. The van der Waals surface area contributed by atoms with Crippen LogP contribution in [0, 0.1) is 6.92 Å². The summed E-state index contributed by atoms with van der Waals surface area (Å²) in [6.45, 7) is 5.61.